The van der Waals surface area contributed by atoms with E-state index >= 15 is 0 Å². The molecule has 1 atom stereocenters. The molecule has 2 aliphatic rings. The highest BCUT2D eigenvalue weighted by Gasteiger charge is 2.31. The minimum absolute atomic E-state index is 0.142. The maximum atomic E-state index is 11.8. The summed E-state index contributed by atoms with van der Waals surface area (Å²) in [4.78, 5) is 25.0. The van der Waals surface area contributed by atoms with Crippen LogP contribution in [-0.2, 0) is 16.1 Å². The summed E-state index contributed by atoms with van der Waals surface area (Å²) in [6.07, 6.45) is 7.23. The van der Waals surface area contributed by atoms with Crippen molar-refractivity contribution >= 4 is 5.91 Å². The zero-order valence-corrected chi connectivity index (χ0v) is 13.4. The van der Waals surface area contributed by atoms with Crippen molar-refractivity contribution in [2.45, 2.75) is 25.4 Å². The predicted octanol–water partition coefficient (Wildman–Crippen LogP) is -0.125. The average Bonchev–Trinajstić information content (AvgIpc) is 2.80. The summed E-state index contributed by atoms with van der Waals surface area (Å²) in [7, 11) is 0. The van der Waals surface area contributed by atoms with Crippen molar-refractivity contribution in [3.63, 3.8) is 0 Å². The first-order valence-corrected chi connectivity index (χ1v) is 8.30. The van der Waals surface area contributed by atoms with Crippen LogP contribution < -0.4 is 5.73 Å². The second-order valence-corrected chi connectivity index (χ2v) is 6.37. The number of amides is 1. The molecule has 7 nitrogen and oxygen atoms in total. The van der Waals surface area contributed by atoms with Crippen LogP contribution in [-0.4, -0.2) is 71.1 Å². The first-order chi connectivity index (χ1) is 11.2. The normalized spacial score (nSPS) is 25.1. The monoisotopic (exact) mass is 319 g/mol. The van der Waals surface area contributed by atoms with Gasteiger partial charge in [0.15, 0.2) is 0 Å². The van der Waals surface area contributed by atoms with Crippen LogP contribution in [0.5, 0.6) is 0 Å². The minimum atomic E-state index is -0.215. The van der Waals surface area contributed by atoms with Crippen LogP contribution in [0.3, 0.4) is 0 Å². The standard InChI is InChI=1S/C16H25N5O2/c17-16(22)13-10-20(12-14-9-18-3-4-19-14)5-6-21(11-13)15-1-7-23-8-2-15/h3-4,9,13,15H,1-2,5-8,10-12H2,(H2,17,22)/t13-/m0/s1. The maximum Gasteiger partial charge on any atom is 0.223 e. The van der Waals surface area contributed by atoms with Gasteiger partial charge in [0.25, 0.3) is 0 Å². The van der Waals surface area contributed by atoms with Crippen molar-refractivity contribution in [2.24, 2.45) is 11.7 Å². The van der Waals surface area contributed by atoms with E-state index < -0.39 is 0 Å². The Bertz CT molecular complexity index is 506. The molecule has 0 aliphatic carbocycles. The average molecular weight is 319 g/mol. The van der Waals surface area contributed by atoms with E-state index in [0.717, 1.165) is 51.4 Å². The number of nitrogens with zero attached hydrogens (tertiary/aromatic N) is 4. The number of rotatable bonds is 4. The van der Waals surface area contributed by atoms with Gasteiger partial charge in [0.1, 0.15) is 0 Å². The lowest BCUT2D eigenvalue weighted by molar-refractivity contribution is -0.122. The molecule has 126 valence electrons. The van der Waals surface area contributed by atoms with Crippen LogP contribution in [0.2, 0.25) is 0 Å². The molecule has 2 saturated heterocycles. The highest BCUT2D eigenvalue weighted by Crippen LogP contribution is 2.19. The quantitative estimate of drug-likeness (QED) is 0.832. The van der Waals surface area contributed by atoms with Gasteiger partial charge in [0.05, 0.1) is 11.6 Å². The first-order valence-electron chi connectivity index (χ1n) is 8.30. The van der Waals surface area contributed by atoms with Crippen LogP contribution in [0.15, 0.2) is 18.6 Å². The van der Waals surface area contributed by atoms with E-state index in [2.05, 4.69) is 19.8 Å². The summed E-state index contributed by atoms with van der Waals surface area (Å²) in [5.41, 5.74) is 6.57. The third-order valence-corrected chi connectivity index (χ3v) is 4.75. The first kappa shape index (κ1) is 16.3. The van der Waals surface area contributed by atoms with Crippen molar-refractivity contribution in [3.05, 3.63) is 24.3 Å². The van der Waals surface area contributed by atoms with Gasteiger partial charge in [-0.3, -0.25) is 24.6 Å². The van der Waals surface area contributed by atoms with Gasteiger partial charge in [-0.15, -0.1) is 0 Å². The van der Waals surface area contributed by atoms with Crippen LogP contribution in [0.4, 0.5) is 0 Å². The lowest BCUT2D eigenvalue weighted by Gasteiger charge is -2.34. The minimum Gasteiger partial charge on any atom is -0.381 e. The summed E-state index contributed by atoms with van der Waals surface area (Å²) in [5.74, 6) is -0.356. The number of ether oxygens (including phenoxy) is 1. The summed E-state index contributed by atoms with van der Waals surface area (Å²) in [6, 6.07) is 0.502. The molecule has 2 N–H and O–H groups in total. The van der Waals surface area contributed by atoms with Gasteiger partial charge in [-0.2, -0.15) is 0 Å². The fraction of sp³-hybridized carbons (Fsp3) is 0.688. The Hall–Kier alpha value is -1.57. The summed E-state index contributed by atoms with van der Waals surface area (Å²) >= 11 is 0. The fourth-order valence-electron chi connectivity index (χ4n) is 3.45. The molecule has 0 bridgehead atoms. The number of hydrogen-bond donors (Lipinski definition) is 1. The van der Waals surface area contributed by atoms with Crippen LogP contribution in [0.25, 0.3) is 0 Å². The van der Waals surface area contributed by atoms with Crippen LogP contribution in [0.1, 0.15) is 18.5 Å². The predicted molar refractivity (Wildman–Crippen MR) is 85.4 cm³/mol. The number of aromatic nitrogens is 2. The molecule has 1 aromatic rings. The van der Waals surface area contributed by atoms with E-state index in [1.807, 2.05) is 0 Å². The molecule has 23 heavy (non-hydrogen) atoms. The molecule has 3 rings (SSSR count). The Morgan fingerprint density at radius 3 is 2.78 bits per heavy atom. The van der Waals surface area contributed by atoms with Crippen molar-refractivity contribution in [3.8, 4) is 0 Å². The Balaban J connectivity index is 1.66. The molecule has 2 fully saturated rings. The Morgan fingerprint density at radius 1 is 1.26 bits per heavy atom. The maximum absolute atomic E-state index is 11.8. The van der Waals surface area contributed by atoms with E-state index in [-0.39, 0.29) is 11.8 Å². The van der Waals surface area contributed by atoms with Gasteiger partial charge >= 0.3 is 0 Å². The molecule has 0 spiro atoms. The van der Waals surface area contributed by atoms with Crippen molar-refractivity contribution in [1.82, 2.24) is 19.8 Å². The molecule has 7 heteroatoms. The number of hydrogen-bond acceptors (Lipinski definition) is 6. The molecule has 0 aromatic carbocycles. The zero-order chi connectivity index (χ0) is 16.1. The highest BCUT2D eigenvalue weighted by molar-refractivity contribution is 5.77. The molecule has 1 amide bonds. The van der Waals surface area contributed by atoms with E-state index in [1.165, 1.54) is 0 Å². The number of carbonyl (C=O) groups excluding carboxylic acids is 1. The van der Waals surface area contributed by atoms with E-state index in [9.17, 15) is 4.79 Å². The Morgan fingerprint density at radius 2 is 2.09 bits per heavy atom. The van der Waals surface area contributed by atoms with Crippen LogP contribution in [0, 0.1) is 5.92 Å². The SMILES string of the molecule is NC(=O)[C@H]1CN(Cc2cnccn2)CCN(C2CCOCC2)C1. The second kappa shape index (κ2) is 7.81. The highest BCUT2D eigenvalue weighted by atomic mass is 16.5. The van der Waals surface area contributed by atoms with Crippen molar-refractivity contribution < 1.29 is 9.53 Å². The van der Waals surface area contributed by atoms with Crippen LogP contribution >= 0.6 is 0 Å². The fourth-order valence-corrected chi connectivity index (χ4v) is 3.45. The smallest absolute Gasteiger partial charge is 0.223 e. The molecule has 1 aromatic heterocycles. The molecule has 3 heterocycles. The number of carbonyl (C=O) groups is 1. The van der Waals surface area contributed by atoms with E-state index in [4.69, 9.17) is 10.5 Å². The molecule has 0 saturated carbocycles. The van der Waals surface area contributed by atoms with Gasteiger partial charge in [0.2, 0.25) is 5.91 Å². The van der Waals surface area contributed by atoms with E-state index in [0.29, 0.717) is 19.1 Å². The Labute approximate surface area is 136 Å². The topological polar surface area (TPSA) is 84.6 Å². The molecular formula is C16H25N5O2. The van der Waals surface area contributed by atoms with E-state index in [1.54, 1.807) is 18.6 Å². The number of nitrogens with two attached hydrogens (primary N) is 1. The third kappa shape index (κ3) is 4.46. The van der Waals surface area contributed by atoms with Crippen molar-refractivity contribution in [1.29, 1.82) is 0 Å². The Kier molecular flexibility index (Phi) is 5.53. The van der Waals surface area contributed by atoms with Gasteiger partial charge in [-0.05, 0) is 12.8 Å². The van der Waals surface area contributed by atoms with Gasteiger partial charge < -0.3 is 10.5 Å². The molecule has 0 unspecified atom stereocenters. The zero-order valence-electron chi connectivity index (χ0n) is 13.4. The third-order valence-electron chi connectivity index (χ3n) is 4.75. The molecule has 0 radical (unpaired) electrons. The largest absolute Gasteiger partial charge is 0.381 e. The summed E-state index contributed by atoms with van der Waals surface area (Å²) < 4.78 is 5.45. The van der Waals surface area contributed by atoms with Gasteiger partial charge in [-0.1, -0.05) is 0 Å². The van der Waals surface area contributed by atoms with Crippen molar-refractivity contribution in [2.75, 3.05) is 39.4 Å². The molecule has 2 aliphatic heterocycles. The molecular weight excluding hydrogens is 294 g/mol. The lowest BCUT2D eigenvalue weighted by Crippen LogP contribution is -2.44. The summed E-state index contributed by atoms with van der Waals surface area (Å²) in [5, 5.41) is 0. The second-order valence-electron chi connectivity index (χ2n) is 6.37. The lowest BCUT2D eigenvalue weighted by atomic mass is 10.0. The number of primary amides is 1. The van der Waals surface area contributed by atoms with Gasteiger partial charge in [-0.25, -0.2) is 0 Å². The van der Waals surface area contributed by atoms with Gasteiger partial charge in [0, 0.05) is 70.6 Å². The summed E-state index contributed by atoms with van der Waals surface area (Å²) in [6.45, 7) is 5.63.